The third-order valence-corrected chi connectivity index (χ3v) is 4.34. The van der Waals surface area contributed by atoms with Crippen molar-refractivity contribution in [3.05, 3.63) is 33.4 Å². The highest BCUT2D eigenvalue weighted by Crippen LogP contribution is 2.38. The molecule has 0 atom stereocenters. The fourth-order valence-corrected chi connectivity index (χ4v) is 3.75. The highest BCUT2D eigenvalue weighted by molar-refractivity contribution is 5.93. The number of rotatable bonds is 2. The fourth-order valence-electron chi connectivity index (χ4n) is 3.75. The third kappa shape index (κ3) is 2.18. The molecule has 2 aliphatic rings. The Morgan fingerprint density at radius 1 is 0.947 bits per heavy atom. The molecule has 0 bridgehead atoms. The van der Waals surface area contributed by atoms with Gasteiger partial charge in [0.25, 0.3) is 0 Å². The summed E-state index contributed by atoms with van der Waals surface area (Å²) in [6.07, 6.45) is 7.44. The Balaban J connectivity index is 0.000000637. The molecule has 1 aromatic rings. The van der Waals surface area contributed by atoms with Gasteiger partial charge in [0, 0.05) is 0 Å². The highest BCUT2D eigenvalue weighted by Gasteiger charge is 2.30. The molecule has 0 saturated heterocycles. The lowest BCUT2D eigenvalue weighted by Crippen LogP contribution is -2.10. The van der Waals surface area contributed by atoms with Gasteiger partial charge >= 0.3 is 5.97 Å². The first kappa shape index (κ1) is 14.1. The summed E-state index contributed by atoms with van der Waals surface area (Å²) in [6.45, 7) is 6.20. The van der Waals surface area contributed by atoms with Crippen molar-refractivity contribution in [2.24, 2.45) is 0 Å². The molecular weight excluding hydrogens is 236 g/mol. The van der Waals surface area contributed by atoms with E-state index < -0.39 is 5.97 Å². The van der Waals surface area contributed by atoms with Crippen LogP contribution in [0.5, 0.6) is 0 Å². The van der Waals surface area contributed by atoms with E-state index in [0.717, 1.165) is 56.1 Å². The van der Waals surface area contributed by atoms with Crippen molar-refractivity contribution in [2.75, 3.05) is 0 Å². The molecule has 0 aromatic heterocycles. The summed E-state index contributed by atoms with van der Waals surface area (Å²) in [4.78, 5) is 11.5. The van der Waals surface area contributed by atoms with Crippen LogP contribution < -0.4 is 0 Å². The molecular formula is C17H24O2. The molecule has 1 aromatic carbocycles. The zero-order chi connectivity index (χ0) is 14.0. The van der Waals surface area contributed by atoms with Gasteiger partial charge in [-0.15, -0.1) is 0 Å². The van der Waals surface area contributed by atoms with Gasteiger partial charge in [-0.1, -0.05) is 20.8 Å². The molecule has 0 amide bonds. The van der Waals surface area contributed by atoms with Gasteiger partial charge in [-0.25, -0.2) is 4.79 Å². The first-order valence-electron chi connectivity index (χ1n) is 7.65. The lowest BCUT2D eigenvalue weighted by Gasteiger charge is -2.17. The zero-order valence-electron chi connectivity index (χ0n) is 12.3. The number of aromatic carboxylic acids is 1. The third-order valence-electron chi connectivity index (χ3n) is 4.34. The average molecular weight is 260 g/mol. The minimum absolute atomic E-state index is 0.669. The molecule has 19 heavy (non-hydrogen) atoms. The Labute approximate surface area is 115 Å². The molecule has 2 heteroatoms. The number of carbonyl (C=O) groups is 1. The van der Waals surface area contributed by atoms with Crippen LogP contribution >= 0.6 is 0 Å². The molecule has 104 valence electrons. The topological polar surface area (TPSA) is 37.3 Å². The van der Waals surface area contributed by atoms with E-state index in [1.165, 1.54) is 16.7 Å². The van der Waals surface area contributed by atoms with Crippen molar-refractivity contribution in [3.63, 3.8) is 0 Å². The maximum atomic E-state index is 11.5. The number of carboxylic acids is 1. The summed E-state index contributed by atoms with van der Waals surface area (Å²) < 4.78 is 0. The van der Waals surface area contributed by atoms with Crippen molar-refractivity contribution in [1.82, 2.24) is 0 Å². The van der Waals surface area contributed by atoms with Crippen molar-refractivity contribution in [2.45, 2.75) is 65.7 Å². The summed E-state index contributed by atoms with van der Waals surface area (Å²) in [5.41, 5.74) is 7.23. The average Bonchev–Trinajstić information content (AvgIpc) is 3.05. The summed E-state index contributed by atoms with van der Waals surface area (Å²) in [7, 11) is 0. The Bertz CT molecular complexity index is 465. The molecule has 0 spiro atoms. The van der Waals surface area contributed by atoms with Crippen LogP contribution in [-0.2, 0) is 32.1 Å². The SMILES string of the molecule is CC.CCc1c2c(c(C(=O)O)c3c1CCC3)CCC2. The number of hydrogen-bond donors (Lipinski definition) is 1. The molecule has 0 aliphatic heterocycles. The first-order chi connectivity index (χ1) is 9.24. The van der Waals surface area contributed by atoms with E-state index >= 15 is 0 Å². The molecule has 3 rings (SSSR count). The summed E-state index contributed by atoms with van der Waals surface area (Å²) in [6, 6.07) is 0. The summed E-state index contributed by atoms with van der Waals surface area (Å²) in [5, 5.41) is 9.48. The van der Waals surface area contributed by atoms with Crippen LogP contribution in [0.15, 0.2) is 0 Å². The standard InChI is InChI=1S/C15H18O2.C2H6/c1-2-9-10-5-3-7-12(10)14(15(16)17)13-8-4-6-11(9)13;1-2/h2-8H2,1H3,(H,16,17);1-2H3. The van der Waals surface area contributed by atoms with Gasteiger partial charge in [-0.2, -0.15) is 0 Å². The molecule has 0 radical (unpaired) electrons. The van der Waals surface area contributed by atoms with E-state index in [0.29, 0.717) is 5.56 Å². The minimum atomic E-state index is -0.705. The Morgan fingerprint density at radius 3 is 1.74 bits per heavy atom. The minimum Gasteiger partial charge on any atom is -0.478 e. The maximum Gasteiger partial charge on any atom is 0.336 e. The quantitative estimate of drug-likeness (QED) is 0.874. The predicted molar refractivity (Wildman–Crippen MR) is 78.2 cm³/mol. The maximum absolute atomic E-state index is 11.5. The van der Waals surface area contributed by atoms with Crippen LogP contribution in [0.3, 0.4) is 0 Å². The molecule has 0 unspecified atom stereocenters. The molecule has 1 N–H and O–H groups in total. The smallest absolute Gasteiger partial charge is 0.336 e. The summed E-state index contributed by atoms with van der Waals surface area (Å²) in [5.74, 6) is -0.705. The predicted octanol–water partition coefficient (Wildman–Crippen LogP) is 3.95. The van der Waals surface area contributed by atoms with Gasteiger partial charge in [0.1, 0.15) is 0 Å². The highest BCUT2D eigenvalue weighted by atomic mass is 16.4. The molecule has 0 saturated carbocycles. The Kier molecular flexibility index (Phi) is 4.28. The van der Waals surface area contributed by atoms with Crippen molar-refractivity contribution in [3.8, 4) is 0 Å². The molecule has 2 aliphatic carbocycles. The van der Waals surface area contributed by atoms with E-state index in [2.05, 4.69) is 6.92 Å². The van der Waals surface area contributed by atoms with Crippen LogP contribution in [0, 0.1) is 0 Å². The van der Waals surface area contributed by atoms with E-state index in [1.807, 2.05) is 13.8 Å². The van der Waals surface area contributed by atoms with Crippen LogP contribution in [-0.4, -0.2) is 11.1 Å². The monoisotopic (exact) mass is 260 g/mol. The normalized spacial score (nSPS) is 15.5. The van der Waals surface area contributed by atoms with E-state index in [9.17, 15) is 9.90 Å². The number of hydrogen-bond acceptors (Lipinski definition) is 1. The van der Waals surface area contributed by atoms with Crippen LogP contribution in [0.2, 0.25) is 0 Å². The van der Waals surface area contributed by atoms with Crippen LogP contribution in [0.1, 0.15) is 71.8 Å². The van der Waals surface area contributed by atoms with E-state index in [4.69, 9.17) is 0 Å². The van der Waals surface area contributed by atoms with Gasteiger partial charge in [-0.3, -0.25) is 0 Å². The largest absolute Gasteiger partial charge is 0.478 e. The Hall–Kier alpha value is -1.31. The van der Waals surface area contributed by atoms with Crippen molar-refractivity contribution in [1.29, 1.82) is 0 Å². The van der Waals surface area contributed by atoms with Gasteiger partial charge in [0.05, 0.1) is 5.56 Å². The van der Waals surface area contributed by atoms with Crippen LogP contribution in [0.25, 0.3) is 0 Å². The van der Waals surface area contributed by atoms with E-state index in [1.54, 1.807) is 0 Å². The van der Waals surface area contributed by atoms with Gasteiger partial charge in [-0.05, 0) is 72.8 Å². The lowest BCUT2D eigenvalue weighted by molar-refractivity contribution is 0.0694. The van der Waals surface area contributed by atoms with Gasteiger partial charge in [0.15, 0.2) is 0 Å². The molecule has 2 nitrogen and oxygen atoms in total. The van der Waals surface area contributed by atoms with Gasteiger partial charge in [0.2, 0.25) is 0 Å². The second kappa shape index (κ2) is 5.77. The van der Waals surface area contributed by atoms with Crippen molar-refractivity contribution >= 4 is 5.97 Å². The first-order valence-corrected chi connectivity index (χ1v) is 7.65. The molecule has 0 heterocycles. The zero-order valence-corrected chi connectivity index (χ0v) is 12.3. The Morgan fingerprint density at radius 2 is 1.37 bits per heavy atom. The number of carboxylic acid groups (broad SMARTS) is 1. The van der Waals surface area contributed by atoms with Crippen LogP contribution in [0.4, 0.5) is 0 Å². The lowest BCUT2D eigenvalue weighted by atomic mass is 9.88. The van der Waals surface area contributed by atoms with Crippen molar-refractivity contribution < 1.29 is 9.90 Å². The van der Waals surface area contributed by atoms with E-state index in [-0.39, 0.29) is 0 Å². The summed E-state index contributed by atoms with van der Waals surface area (Å²) >= 11 is 0. The number of fused-ring (bicyclic) bond motifs is 2. The second-order valence-electron chi connectivity index (χ2n) is 5.13. The molecule has 0 fully saturated rings. The fraction of sp³-hybridized carbons (Fsp3) is 0.588. The number of benzene rings is 1. The second-order valence-corrected chi connectivity index (χ2v) is 5.13. The van der Waals surface area contributed by atoms with Gasteiger partial charge < -0.3 is 5.11 Å².